The summed E-state index contributed by atoms with van der Waals surface area (Å²) in [6.45, 7) is 3.55. The van der Waals surface area contributed by atoms with Crippen LogP contribution in [-0.4, -0.2) is 25.0 Å². The maximum atomic E-state index is 9.65. The predicted octanol–water partition coefficient (Wildman–Crippen LogP) is 1.67. The fraction of sp³-hybridized carbons (Fsp3) is 0.562. The number of hydrogen-bond donors (Lipinski definition) is 1. The molecule has 0 amide bonds. The molecule has 5 nitrogen and oxygen atoms in total. The number of rotatable bonds is 2. The van der Waals surface area contributed by atoms with E-state index in [2.05, 4.69) is 23.1 Å². The van der Waals surface area contributed by atoms with Crippen LogP contribution >= 0.6 is 0 Å². The summed E-state index contributed by atoms with van der Waals surface area (Å²) in [4.78, 5) is 2.15. The maximum Gasteiger partial charge on any atom is 0.187 e. The van der Waals surface area contributed by atoms with Crippen molar-refractivity contribution in [3.05, 3.63) is 22.9 Å². The van der Waals surface area contributed by atoms with E-state index in [0.717, 1.165) is 31.5 Å². The normalized spacial score (nSPS) is 27.9. The minimum absolute atomic E-state index is 0.0185. The van der Waals surface area contributed by atoms with Crippen molar-refractivity contribution in [3.8, 4) is 18.2 Å². The minimum atomic E-state index is -1.39. The summed E-state index contributed by atoms with van der Waals surface area (Å²) in [5.41, 5.74) is 6.12. The Bertz CT molecular complexity index is 609. The van der Waals surface area contributed by atoms with Gasteiger partial charge in [0.2, 0.25) is 0 Å². The SMILES string of the molecule is CCC[C@@H]1[C@H]2CN(C)CC=C2C(C#N)=C(N)C1(C#N)C#N. The first-order valence-electron chi connectivity index (χ1n) is 7.17. The highest BCUT2D eigenvalue weighted by Crippen LogP contribution is 2.50. The van der Waals surface area contributed by atoms with Gasteiger partial charge in [0.25, 0.3) is 0 Å². The minimum Gasteiger partial charge on any atom is -0.399 e. The van der Waals surface area contributed by atoms with Crippen LogP contribution in [0.3, 0.4) is 0 Å². The molecule has 0 spiro atoms. The summed E-state index contributed by atoms with van der Waals surface area (Å²) in [6.07, 6.45) is 3.63. The molecule has 1 heterocycles. The van der Waals surface area contributed by atoms with Crippen molar-refractivity contribution in [1.82, 2.24) is 4.90 Å². The molecule has 108 valence electrons. The second-order valence-electron chi connectivity index (χ2n) is 5.81. The third kappa shape index (κ3) is 2.09. The Morgan fingerprint density at radius 3 is 2.57 bits per heavy atom. The van der Waals surface area contributed by atoms with Gasteiger partial charge in [0.15, 0.2) is 5.41 Å². The van der Waals surface area contributed by atoms with Gasteiger partial charge in [-0.25, -0.2) is 0 Å². The second kappa shape index (κ2) is 5.60. The molecular formula is C16H19N5. The van der Waals surface area contributed by atoms with Gasteiger partial charge in [-0.1, -0.05) is 19.4 Å². The molecule has 0 bridgehead atoms. The summed E-state index contributed by atoms with van der Waals surface area (Å²) in [7, 11) is 2.00. The monoisotopic (exact) mass is 281 g/mol. The number of nitrogens with zero attached hydrogens (tertiary/aromatic N) is 4. The molecule has 0 aromatic rings. The van der Waals surface area contributed by atoms with Crippen LogP contribution in [0.15, 0.2) is 22.9 Å². The zero-order chi connectivity index (χ0) is 15.6. The quantitative estimate of drug-likeness (QED) is 0.829. The van der Waals surface area contributed by atoms with Crippen LogP contribution in [0.5, 0.6) is 0 Å². The summed E-state index contributed by atoms with van der Waals surface area (Å²) in [5, 5.41) is 28.7. The van der Waals surface area contributed by atoms with Gasteiger partial charge in [0.05, 0.1) is 23.4 Å². The van der Waals surface area contributed by atoms with Crippen LogP contribution in [0.25, 0.3) is 0 Å². The van der Waals surface area contributed by atoms with Crippen LogP contribution in [-0.2, 0) is 0 Å². The number of likely N-dealkylation sites (N-methyl/N-ethyl adjacent to an activating group) is 1. The molecule has 1 aliphatic heterocycles. The molecular weight excluding hydrogens is 262 g/mol. The molecule has 0 fully saturated rings. The molecule has 0 aromatic carbocycles. The average Bonchev–Trinajstić information content (AvgIpc) is 2.49. The number of fused-ring (bicyclic) bond motifs is 1. The van der Waals surface area contributed by atoms with Gasteiger partial charge >= 0.3 is 0 Å². The lowest BCUT2D eigenvalue weighted by Gasteiger charge is -2.44. The Kier molecular flexibility index (Phi) is 4.03. The number of hydrogen-bond acceptors (Lipinski definition) is 5. The number of nitriles is 3. The average molecular weight is 281 g/mol. The summed E-state index contributed by atoms with van der Waals surface area (Å²) >= 11 is 0. The standard InChI is InChI=1S/C16H19N5/c1-3-4-14-13-8-21(2)6-5-11(13)12(7-17)15(20)16(14,9-18)10-19/h5,13-14H,3-4,6,8,20H2,1-2H3/t13-,14+/m0/s1. The topological polar surface area (TPSA) is 101 Å². The molecule has 2 rings (SSSR count). The zero-order valence-corrected chi connectivity index (χ0v) is 12.4. The van der Waals surface area contributed by atoms with Crippen molar-refractivity contribution < 1.29 is 0 Å². The Morgan fingerprint density at radius 1 is 1.38 bits per heavy atom. The molecule has 2 aliphatic rings. The smallest absolute Gasteiger partial charge is 0.187 e. The molecule has 0 unspecified atom stereocenters. The van der Waals surface area contributed by atoms with Crippen LogP contribution in [0.1, 0.15) is 19.8 Å². The molecule has 0 aromatic heterocycles. The van der Waals surface area contributed by atoms with E-state index in [4.69, 9.17) is 5.73 Å². The molecule has 21 heavy (non-hydrogen) atoms. The van der Waals surface area contributed by atoms with Crippen LogP contribution in [0.2, 0.25) is 0 Å². The van der Waals surface area contributed by atoms with E-state index in [1.165, 1.54) is 0 Å². The van der Waals surface area contributed by atoms with E-state index in [-0.39, 0.29) is 17.5 Å². The maximum absolute atomic E-state index is 9.65. The van der Waals surface area contributed by atoms with Gasteiger partial charge in [-0.15, -0.1) is 0 Å². The lowest BCUT2D eigenvalue weighted by atomic mass is 9.59. The summed E-state index contributed by atoms with van der Waals surface area (Å²) in [5.74, 6) is -0.145. The predicted molar refractivity (Wildman–Crippen MR) is 78.0 cm³/mol. The lowest BCUT2D eigenvalue weighted by molar-refractivity contribution is 0.176. The Morgan fingerprint density at radius 2 is 2.05 bits per heavy atom. The van der Waals surface area contributed by atoms with Gasteiger partial charge in [0, 0.05) is 24.9 Å². The second-order valence-corrected chi connectivity index (χ2v) is 5.81. The molecule has 0 saturated heterocycles. The van der Waals surface area contributed by atoms with Crippen molar-refractivity contribution >= 4 is 0 Å². The first-order chi connectivity index (χ1) is 10.1. The third-order valence-corrected chi connectivity index (χ3v) is 4.62. The van der Waals surface area contributed by atoms with Crippen molar-refractivity contribution in [2.45, 2.75) is 19.8 Å². The third-order valence-electron chi connectivity index (χ3n) is 4.62. The van der Waals surface area contributed by atoms with Crippen LogP contribution < -0.4 is 5.73 Å². The summed E-state index contributed by atoms with van der Waals surface area (Å²) in [6, 6.07) is 6.37. The van der Waals surface area contributed by atoms with Gasteiger partial charge in [-0.2, -0.15) is 15.8 Å². The van der Waals surface area contributed by atoms with E-state index in [1.807, 2.05) is 20.0 Å². The first-order valence-corrected chi connectivity index (χ1v) is 7.17. The first kappa shape index (κ1) is 15.1. The Balaban J connectivity index is 2.71. The highest BCUT2D eigenvalue weighted by molar-refractivity contribution is 5.56. The van der Waals surface area contributed by atoms with E-state index in [9.17, 15) is 15.8 Å². The highest BCUT2D eigenvalue weighted by Gasteiger charge is 2.52. The number of nitrogens with two attached hydrogens (primary N) is 1. The molecule has 0 saturated carbocycles. The lowest BCUT2D eigenvalue weighted by Crippen LogP contribution is -2.48. The Hall–Kier alpha value is -2.29. The van der Waals surface area contributed by atoms with Crippen molar-refractivity contribution in [3.63, 3.8) is 0 Å². The summed E-state index contributed by atoms with van der Waals surface area (Å²) < 4.78 is 0. The van der Waals surface area contributed by atoms with Gasteiger partial charge in [-0.3, -0.25) is 0 Å². The van der Waals surface area contributed by atoms with Crippen molar-refractivity contribution in [2.75, 3.05) is 20.1 Å². The molecule has 2 N–H and O–H groups in total. The molecule has 2 atom stereocenters. The highest BCUT2D eigenvalue weighted by atomic mass is 15.1. The van der Waals surface area contributed by atoms with Crippen LogP contribution in [0.4, 0.5) is 0 Å². The van der Waals surface area contributed by atoms with Crippen LogP contribution in [0, 0.1) is 51.2 Å². The van der Waals surface area contributed by atoms with E-state index >= 15 is 0 Å². The fourth-order valence-electron chi connectivity index (χ4n) is 3.56. The van der Waals surface area contributed by atoms with Crippen molar-refractivity contribution in [1.29, 1.82) is 15.8 Å². The molecule has 0 radical (unpaired) electrons. The fourth-order valence-corrected chi connectivity index (χ4v) is 3.56. The van der Waals surface area contributed by atoms with Gasteiger partial charge in [0.1, 0.15) is 6.07 Å². The van der Waals surface area contributed by atoms with E-state index < -0.39 is 5.41 Å². The van der Waals surface area contributed by atoms with E-state index in [0.29, 0.717) is 5.57 Å². The largest absolute Gasteiger partial charge is 0.399 e. The van der Waals surface area contributed by atoms with E-state index in [1.54, 1.807) is 0 Å². The Labute approximate surface area is 125 Å². The van der Waals surface area contributed by atoms with Gasteiger partial charge in [-0.05, 0) is 19.0 Å². The zero-order valence-electron chi connectivity index (χ0n) is 12.4. The van der Waals surface area contributed by atoms with Crippen molar-refractivity contribution in [2.24, 2.45) is 23.0 Å². The number of allylic oxidation sites excluding steroid dienone is 2. The molecule has 1 aliphatic carbocycles. The molecule has 5 heteroatoms. The van der Waals surface area contributed by atoms with Gasteiger partial charge < -0.3 is 10.6 Å².